The normalized spacial score (nSPS) is 10.4. The zero-order valence-corrected chi connectivity index (χ0v) is 15.7. The molecule has 0 saturated heterocycles. The number of hydrogen-bond donors (Lipinski definition) is 1. The highest BCUT2D eigenvalue weighted by Gasteiger charge is 2.06. The van der Waals surface area contributed by atoms with E-state index in [1.807, 2.05) is 49.5 Å². The minimum atomic E-state index is 0. The van der Waals surface area contributed by atoms with Crippen LogP contribution in [0.25, 0.3) is 0 Å². The third-order valence-corrected chi connectivity index (χ3v) is 3.37. The zero-order chi connectivity index (χ0) is 15.8. The Morgan fingerprint density at radius 3 is 2.30 bits per heavy atom. The number of halogens is 1. The summed E-state index contributed by atoms with van der Waals surface area (Å²) >= 11 is 0. The maximum absolute atomic E-state index is 8.81. The van der Waals surface area contributed by atoms with Crippen LogP contribution in [0.1, 0.15) is 16.7 Å². The third kappa shape index (κ3) is 5.91. The van der Waals surface area contributed by atoms with Gasteiger partial charge in [0, 0.05) is 27.2 Å². The van der Waals surface area contributed by atoms with E-state index in [2.05, 4.69) is 33.4 Å². The lowest BCUT2D eigenvalue weighted by atomic mass is 10.1. The second-order valence-corrected chi connectivity index (χ2v) is 5.05. The van der Waals surface area contributed by atoms with E-state index in [1.54, 1.807) is 7.05 Å². The summed E-state index contributed by atoms with van der Waals surface area (Å²) in [7, 11) is 3.80. The monoisotopic (exact) mass is 420 g/mol. The van der Waals surface area contributed by atoms with Gasteiger partial charge in [-0.25, -0.2) is 0 Å². The first-order valence-corrected chi connectivity index (χ1v) is 7.17. The largest absolute Gasteiger partial charge is 0.352 e. The summed E-state index contributed by atoms with van der Waals surface area (Å²) in [5, 5.41) is 12.1. The second kappa shape index (κ2) is 9.85. The van der Waals surface area contributed by atoms with Crippen LogP contribution < -0.4 is 5.32 Å². The van der Waals surface area contributed by atoms with E-state index in [4.69, 9.17) is 5.26 Å². The average molecular weight is 420 g/mol. The molecular formula is C18H21IN4. The maximum atomic E-state index is 8.81. The number of guanidine groups is 1. The van der Waals surface area contributed by atoms with E-state index in [-0.39, 0.29) is 24.0 Å². The minimum Gasteiger partial charge on any atom is -0.352 e. The summed E-state index contributed by atoms with van der Waals surface area (Å²) in [4.78, 5) is 6.39. The van der Waals surface area contributed by atoms with Crippen molar-refractivity contribution in [2.45, 2.75) is 13.1 Å². The smallest absolute Gasteiger partial charge is 0.193 e. The summed E-state index contributed by atoms with van der Waals surface area (Å²) in [6.45, 7) is 1.48. The van der Waals surface area contributed by atoms with Gasteiger partial charge in [0.05, 0.1) is 11.6 Å². The van der Waals surface area contributed by atoms with Gasteiger partial charge in [0.25, 0.3) is 0 Å². The van der Waals surface area contributed by atoms with E-state index in [0.29, 0.717) is 12.1 Å². The van der Waals surface area contributed by atoms with Crippen LogP contribution in [-0.2, 0) is 13.1 Å². The van der Waals surface area contributed by atoms with E-state index in [9.17, 15) is 0 Å². The molecule has 0 bridgehead atoms. The van der Waals surface area contributed by atoms with Crippen molar-refractivity contribution < 1.29 is 0 Å². The average Bonchev–Trinajstić information content (AvgIpc) is 2.57. The van der Waals surface area contributed by atoms with Gasteiger partial charge in [-0.1, -0.05) is 42.5 Å². The van der Waals surface area contributed by atoms with Crippen LogP contribution in [0.4, 0.5) is 0 Å². The summed E-state index contributed by atoms with van der Waals surface area (Å²) in [6.07, 6.45) is 0. The van der Waals surface area contributed by atoms with Crippen molar-refractivity contribution in [2.75, 3.05) is 14.1 Å². The van der Waals surface area contributed by atoms with Crippen LogP contribution in [0.2, 0.25) is 0 Å². The van der Waals surface area contributed by atoms with E-state index >= 15 is 0 Å². The maximum Gasteiger partial charge on any atom is 0.193 e. The lowest BCUT2D eigenvalue weighted by molar-refractivity contribution is 0.476. The highest BCUT2D eigenvalue weighted by atomic mass is 127. The van der Waals surface area contributed by atoms with Gasteiger partial charge in [-0.05, 0) is 23.3 Å². The van der Waals surface area contributed by atoms with E-state index in [1.165, 1.54) is 5.56 Å². The Bertz CT molecular complexity index is 660. The first kappa shape index (κ1) is 19.0. The van der Waals surface area contributed by atoms with Gasteiger partial charge in [-0.15, -0.1) is 24.0 Å². The van der Waals surface area contributed by atoms with Crippen molar-refractivity contribution in [3.05, 3.63) is 71.3 Å². The molecule has 0 spiro atoms. The molecule has 5 heteroatoms. The van der Waals surface area contributed by atoms with Crippen LogP contribution in [0, 0.1) is 11.3 Å². The lowest BCUT2D eigenvalue weighted by Crippen LogP contribution is -2.38. The second-order valence-electron chi connectivity index (χ2n) is 5.05. The van der Waals surface area contributed by atoms with Crippen molar-refractivity contribution in [1.29, 1.82) is 5.26 Å². The molecule has 0 aliphatic heterocycles. The molecule has 0 radical (unpaired) electrons. The topological polar surface area (TPSA) is 51.4 Å². The molecule has 120 valence electrons. The van der Waals surface area contributed by atoms with Gasteiger partial charge >= 0.3 is 0 Å². The SMILES string of the molecule is CN=C(NCc1ccc(C#N)cc1)N(C)Cc1ccccc1.I. The lowest BCUT2D eigenvalue weighted by Gasteiger charge is -2.22. The fraction of sp³-hybridized carbons (Fsp3) is 0.222. The quantitative estimate of drug-likeness (QED) is 0.469. The van der Waals surface area contributed by atoms with Gasteiger partial charge in [0.1, 0.15) is 0 Å². The van der Waals surface area contributed by atoms with Crippen molar-refractivity contribution >= 4 is 29.9 Å². The molecule has 2 aromatic rings. The van der Waals surface area contributed by atoms with Gasteiger partial charge in [-0.2, -0.15) is 5.26 Å². The Hall–Kier alpha value is -2.07. The Kier molecular flexibility index (Phi) is 8.13. The number of nitrogens with one attached hydrogen (secondary N) is 1. The summed E-state index contributed by atoms with van der Waals surface area (Å²) in [6, 6.07) is 20.0. The number of aliphatic imine (C=N–C) groups is 1. The standard InChI is InChI=1S/C18H20N4.HI/c1-20-18(22(2)14-17-6-4-3-5-7-17)21-13-16-10-8-15(12-19)9-11-16;/h3-11H,13-14H2,1-2H3,(H,20,21);1H. The van der Waals surface area contributed by atoms with E-state index in [0.717, 1.165) is 18.1 Å². The molecule has 2 rings (SSSR count). The van der Waals surface area contributed by atoms with Gasteiger partial charge in [0.2, 0.25) is 0 Å². The van der Waals surface area contributed by atoms with Gasteiger partial charge in [0.15, 0.2) is 5.96 Å². The van der Waals surface area contributed by atoms with Crippen LogP contribution in [0.15, 0.2) is 59.6 Å². The molecule has 0 aliphatic carbocycles. The number of rotatable bonds is 4. The molecule has 1 N–H and O–H groups in total. The van der Waals surface area contributed by atoms with Crippen LogP contribution in [-0.4, -0.2) is 25.0 Å². The first-order valence-electron chi connectivity index (χ1n) is 7.17. The molecule has 4 nitrogen and oxygen atoms in total. The van der Waals surface area contributed by atoms with Crippen molar-refractivity contribution in [3.63, 3.8) is 0 Å². The third-order valence-electron chi connectivity index (χ3n) is 3.37. The first-order chi connectivity index (χ1) is 10.7. The summed E-state index contributed by atoms with van der Waals surface area (Å²) in [5.74, 6) is 0.841. The highest BCUT2D eigenvalue weighted by Crippen LogP contribution is 2.05. The van der Waals surface area contributed by atoms with Crippen molar-refractivity contribution in [2.24, 2.45) is 4.99 Å². The summed E-state index contributed by atoms with van der Waals surface area (Å²) in [5.41, 5.74) is 3.04. The molecule has 0 unspecified atom stereocenters. The molecule has 0 heterocycles. The molecular weight excluding hydrogens is 399 g/mol. The Morgan fingerprint density at radius 2 is 1.74 bits per heavy atom. The van der Waals surface area contributed by atoms with Crippen LogP contribution >= 0.6 is 24.0 Å². The van der Waals surface area contributed by atoms with Crippen LogP contribution in [0.3, 0.4) is 0 Å². The fourth-order valence-electron chi connectivity index (χ4n) is 2.20. The Labute approximate surface area is 154 Å². The molecule has 23 heavy (non-hydrogen) atoms. The molecule has 0 amide bonds. The zero-order valence-electron chi connectivity index (χ0n) is 13.4. The van der Waals surface area contributed by atoms with Crippen LogP contribution in [0.5, 0.6) is 0 Å². The number of nitrogens with zero attached hydrogens (tertiary/aromatic N) is 3. The molecule has 0 aromatic heterocycles. The Balaban J connectivity index is 0.00000264. The van der Waals surface area contributed by atoms with Crippen molar-refractivity contribution in [3.8, 4) is 6.07 Å². The molecule has 0 saturated carbocycles. The van der Waals surface area contributed by atoms with Crippen molar-refractivity contribution in [1.82, 2.24) is 10.2 Å². The van der Waals surface area contributed by atoms with Gasteiger partial charge in [-0.3, -0.25) is 4.99 Å². The number of nitriles is 1. The predicted octanol–water partition coefficient (Wildman–Crippen LogP) is 3.38. The molecule has 0 aliphatic rings. The summed E-state index contributed by atoms with van der Waals surface area (Å²) < 4.78 is 0. The molecule has 0 fully saturated rings. The number of hydrogen-bond acceptors (Lipinski definition) is 2. The van der Waals surface area contributed by atoms with Gasteiger partial charge < -0.3 is 10.2 Å². The predicted molar refractivity (Wildman–Crippen MR) is 105 cm³/mol. The Morgan fingerprint density at radius 1 is 1.09 bits per heavy atom. The fourth-order valence-corrected chi connectivity index (χ4v) is 2.20. The molecule has 0 atom stereocenters. The highest BCUT2D eigenvalue weighted by molar-refractivity contribution is 14.0. The van der Waals surface area contributed by atoms with E-state index < -0.39 is 0 Å². The molecule has 2 aromatic carbocycles. The number of benzene rings is 2. The minimum absolute atomic E-state index is 0.